The zero-order valence-corrected chi connectivity index (χ0v) is 31.1. The van der Waals surface area contributed by atoms with E-state index in [2.05, 4.69) is 145 Å². The van der Waals surface area contributed by atoms with Gasteiger partial charge in [-0.05, 0) is 134 Å². The minimum atomic E-state index is 0.552. The van der Waals surface area contributed by atoms with Gasteiger partial charge in [-0.25, -0.2) is 0 Å². The van der Waals surface area contributed by atoms with E-state index in [4.69, 9.17) is 8.83 Å². The number of nitrogens with zero attached hydrogens (tertiary/aromatic N) is 2. The van der Waals surface area contributed by atoms with Crippen LogP contribution >= 0.6 is 0 Å². The van der Waals surface area contributed by atoms with E-state index >= 15 is 0 Å². The Morgan fingerprint density at radius 2 is 0.907 bits per heavy atom. The second-order valence-electron chi connectivity index (χ2n) is 15.9. The van der Waals surface area contributed by atoms with Crippen LogP contribution in [0.3, 0.4) is 0 Å². The van der Waals surface area contributed by atoms with E-state index in [0.29, 0.717) is 12.1 Å². The average molecular weight is 705 g/mol. The predicted molar refractivity (Wildman–Crippen MR) is 228 cm³/mol. The van der Waals surface area contributed by atoms with Gasteiger partial charge in [0.1, 0.15) is 22.3 Å². The van der Waals surface area contributed by atoms with Crippen molar-refractivity contribution >= 4 is 76.8 Å². The maximum Gasteiger partial charge on any atom is 0.144 e. The molecule has 266 valence electrons. The Balaban J connectivity index is 1.22. The summed E-state index contributed by atoms with van der Waals surface area (Å²) in [5, 5.41) is 9.27. The van der Waals surface area contributed by atoms with Crippen molar-refractivity contribution in [2.75, 3.05) is 22.9 Å². The van der Waals surface area contributed by atoms with Crippen molar-refractivity contribution in [3.8, 4) is 22.3 Å². The monoisotopic (exact) mass is 704 g/mol. The topological polar surface area (TPSA) is 32.8 Å². The third kappa shape index (κ3) is 4.96. The molecule has 11 rings (SSSR count). The first-order valence-electron chi connectivity index (χ1n) is 20.0. The summed E-state index contributed by atoms with van der Waals surface area (Å²) in [6.07, 6.45) is 7.61. The molecule has 2 saturated heterocycles. The van der Waals surface area contributed by atoms with Crippen molar-refractivity contribution in [3.05, 3.63) is 121 Å². The van der Waals surface area contributed by atoms with Crippen LogP contribution in [-0.2, 0) is 0 Å². The molecule has 7 aromatic carbocycles. The highest BCUT2D eigenvalue weighted by atomic mass is 16.3. The molecule has 0 radical (unpaired) electrons. The number of fused-ring (bicyclic) bond motifs is 8. The first-order chi connectivity index (χ1) is 26.6. The van der Waals surface area contributed by atoms with Crippen LogP contribution in [0.25, 0.3) is 87.7 Å². The lowest BCUT2D eigenvalue weighted by Crippen LogP contribution is -2.37. The SMILES string of the molecule is CC1CCCCN1c1ccc2cc3c(cc2c1)oc1c(-c2ccccc2)c2c(oc4cc5cc(N6CCCCC6C)ccc5cc42)c(-c2ccccc2)c13. The molecule has 2 unspecified atom stereocenters. The molecular formula is C50H44N2O2. The Hall–Kier alpha value is -5.74. The number of rotatable bonds is 4. The van der Waals surface area contributed by atoms with Crippen LogP contribution in [0.15, 0.2) is 130 Å². The van der Waals surface area contributed by atoms with Crippen molar-refractivity contribution in [2.24, 2.45) is 0 Å². The van der Waals surface area contributed by atoms with Gasteiger partial charge in [-0.3, -0.25) is 0 Å². The van der Waals surface area contributed by atoms with Gasteiger partial charge in [0.25, 0.3) is 0 Å². The van der Waals surface area contributed by atoms with Gasteiger partial charge < -0.3 is 18.6 Å². The fourth-order valence-corrected chi connectivity index (χ4v) is 9.81. The molecule has 54 heavy (non-hydrogen) atoms. The second kappa shape index (κ2) is 12.4. The minimum absolute atomic E-state index is 0.552. The van der Waals surface area contributed by atoms with Crippen LogP contribution < -0.4 is 9.80 Å². The number of piperidine rings is 2. The van der Waals surface area contributed by atoms with Gasteiger partial charge >= 0.3 is 0 Å². The molecule has 0 bridgehead atoms. The van der Waals surface area contributed by atoms with Gasteiger partial charge in [-0.15, -0.1) is 0 Å². The van der Waals surface area contributed by atoms with Crippen molar-refractivity contribution in [2.45, 2.75) is 64.5 Å². The molecule has 0 N–H and O–H groups in total. The average Bonchev–Trinajstić information content (AvgIpc) is 3.76. The first-order valence-corrected chi connectivity index (χ1v) is 20.0. The molecule has 0 amide bonds. The Bertz CT molecular complexity index is 2690. The molecule has 4 heteroatoms. The van der Waals surface area contributed by atoms with Crippen molar-refractivity contribution in [3.63, 3.8) is 0 Å². The molecule has 4 nitrogen and oxygen atoms in total. The maximum atomic E-state index is 7.16. The highest BCUT2D eigenvalue weighted by Gasteiger charge is 2.28. The molecule has 2 aliphatic rings. The number of furan rings is 2. The molecule has 0 spiro atoms. The minimum Gasteiger partial charge on any atom is -0.455 e. The lowest BCUT2D eigenvalue weighted by molar-refractivity contribution is 0.485. The van der Waals surface area contributed by atoms with E-state index < -0.39 is 0 Å². The molecule has 2 atom stereocenters. The fourth-order valence-electron chi connectivity index (χ4n) is 9.81. The number of hydrogen-bond acceptors (Lipinski definition) is 4. The van der Waals surface area contributed by atoms with Gasteiger partial charge in [0, 0.05) is 69.2 Å². The van der Waals surface area contributed by atoms with Crippen LogP contribution in [0.2, 0.25) is 0 Å². The number of anilines is 2. The van der Waals surface area contributed by atoms with E-state index in [1.807, 2.05) is 0 Å². The second-order valence-corrected chi connectivity index (χ2v) is 15.9. The first kappa shape index (κ1) is 31.8. The van der Waals surface area contributed by atoms with Crippen LogP contribution in [-0.4, -0.2) is 25.2 Å². The van der Waals surface area contributed by atoms with Crippen LogP contribution in [0.4, 0.5) is 11.4 Å². The Kier molecular flexibility index (Phi) is 7.30. The molecule has 4 heterocycles. The predicted octanol–water partition coefficient (Wildman–Crippen LogP) is 13.9. The van der Waals surface area contributed by atoms with Crippen molar-refractivity contribution in [1.29, 1.82) is 0 Å². The van der Waals surface area contributed by atoms with Crippen LogP contribution in [0, 0.1) is 0 Å². The Morgan fingerprint density at radius 1 is 0.463 bits per heavy atom. The van der Waals surface area contributed by atoms with Gasteiger partial charge in [0.2, 0.25) is 0 Å². The highest BCUT2D eigenvalue weighted by Crippen LogP contribution is 2.51. The summed E-state index contributed by atoms with van der Waals surface area (Å²) >= 11 is 0. The smallest absolute Gasteiger partial charge is 0.144 e. The van der Waals surface area contributed by atoms with Gasteiger partial charge in [-0.2, -0.15) is 0 Å². The molecular weight excluding hydrogens is 661 g/mol. The van der Waals surface area contributed by atoms with Crippen molar-refractivity contribution < 1.29 is 8.83 Å². The molecule has 0 saturated carbocycles. The van der Waals surface area contributed by atoms with Crippen molar-refractivity contribution in [1.82, 2.24) is 0 Å². The molecule has 2 aromatic heterocycles. The van der Waals surface area contributed by atoms with Gasteiger partial charge in [0.05, 0.1) is 0 Å². The third-order valence-corrected chi connectivity index (χ3v) is 12.6. The van der Waals surface area contributed by atoms with Gasteiger partial charge in [-0.1, -0.05) is 72.8 Å². The third-order valence-electron chi connectivity index (χ3n) is 12.6. The van der Waals surface area contributed by atoms with E-state index in [1.54, 1.807) is 0 Å². The summed E-state index contributed by atoms with van der Waals surface area (Å²) in [7, 11) is 0. The Morgan fingerprint density at radius 3 is 1.33 bits per heavy atom. The molecule has 9 aromatic rings. The number of benzene rings is 7. The summed E-state index contributed by atoms with van der Waals surface area (Å²) in [4.78, 5) is 5.15. The lowest BCUT2D eigenvalue weighted by Gasteiger charge is -2.35. The normalized spacial score (nSPS) is 18.3. The quantitative estimate of drug-likeness (QED) is 0.183. The summed E-state index contributed by atoms with van der Waals surface area (Å²) in [5.74, 6) is 0. The highest BCUT2D eigenvalue weighted by molar-refractivity contribution is 6.31. The standard InChI is InChI=1S/C50H44N2O2/c1-31-13-9-11-23-51(31)39-21-19-35-27-41-43(29-37(35)25-39)53-49-46(34-17-7-4-8-18-34)48-42-28-36-20-22-40(52-24-12-10-14-32(52)2)26-38(36)30-44(42)54-50(48)45(47(41)49)33-15-5-3-6-16-33/h3-8,15-22,25-32H,9-14,23-24H2,1-2H3. The zero-order valence-electron chi connectivity index (χ0n) is 31.1. The van der Waals surface area contributed by atoms with Crippen LogP contribution in [0.5, 0.6) is 0 Å². The largest absolute Gasteiger partial charge is 0.455 e. The Labute approximate surface area is 315 Å². The zero-order chi connectivity index (χ0) is 35.9. The lowest BCUT2D eigenvalue weighted by atomic mass is 9.90. The van der Waals surface area contributed by atoms with E-state index in [1.165, 1.54) is 71.4 Å². The summed E-state index contributed by atoms with van der Waals surface area (Å²) in [6, 6.07) is 45.8. The summed E-state index contributed by atoms with van der Waals surface area (Å²) in [6.45, 7) is 6.94. The van der Waals surface area contributed by atoms with E-state index in [0.717, 1.165) is 79.2 Å². The maximum absolute atomic E-state index is 7.16. The van der Waals surface area contributed by atoms with E-state index in [9.17, 15) is 0 Å². The van der Waals surface area contributed by atoms with Crippen LogP contribution in [0.1, 0.15) is 52.4 Å². The van der Waals surface area contributed by atoms with Gasteiger partial charge in [0.15, 0.2) is 0 Å². The summed E-state index contributed by atoms with van der Waals surface area (Å²) in [5.41, 5.74) is 10.6. The molecule has 2 fully saturated rings. The molecule has 0 aliphatic carbocycles. The summed E-state index contributed by atoms with van der Waals surface area (Å²) < 4.78 is 14.3. The molecule has 2 aliphatic heterocycles. The van der Waals surface area contributed by atoms with E-state index in [-0.39, 0.29) is 0 Å². The fraction of sp³-hybridized carbons (Fsp3) is 0.240. The number of hydrogen-bond donors (Lipinski definition) is 0.